The highest BCUT2D eigenvalue weighted by Crippen LogP contribution is 2.17. The molecule has 2 heterocycles. The number of para-hydroxylation sites is 1. The van der Waals surface area contributed by atoms with E-state index in [-0.39, 0.29) is 11.6 Å². The summed E-state index contributed by atoms with van der Waals surface area (Å²) in [6, 6.07) is 8.09. The van der Waals surface area contributed by atoms with Crippen molar-refractivity contribution in [3.8, 4) is 0 Å². The molecule has 6 heteroatoms. The van der Waals surface area contributed by atoms with Gasteiger partial charge in [-0.2, -0.15) is 0 Å². The molecule has 0 atom stereocenters. The van der Waals surface area contributed by atoms with Crippen LogP contribution >= 0.6 is 0 Å². The van der Waals surface area contributed by atoms with Crippen LogP contribution in [-0.4, -0.2) is 27.4 Å². The van der Waals surface area contributed by atoms with Crippen LogP contribution in [0, 0.1) is 0 Å². The van der Waals surface area contributed by atoms with Crippen LogP contribution in [0.2, 0.25) is 0 Å². The number of nitrogens with one attached hydrogen (secondary N) is 3. The van der Waals surface area contributed by atoms with Crippen molar-refractivity contribution in [3.63, 3.8) is 0 Å². The fourth-order valence-corrected chi connectivity index (χ4v) is 2.33. The summed E-state index contributed by atoms with van der Waals surface area (Å²) in [5, 5.41) is 4.00. The van der Waals surface area contributed by atoms with Gasteiger partial charge in [0.15, 0.2) is 0 Å². The molecule has 6 nitrogen and oxygen atoms in total. The lowest BCUT2D eigenvalue weighted by molar-refractivity contribution is -0.117. The maximum absolute atomic E-state index is 11.9. The molecule has 112 valence electrons. The number of carbonyl (C=O) groups is 1. The maximum Gasteiger partial charge on any atom is 0.267 e. The molecule has 0 saturated heterocycles. The fraction of sp³-hybridized carbons (Fsp3) is 0.125. The Labute approximate surface area is 127 Å². The minimum absolute atomic E-state index is 0.156. The molecule has 5 N–H and O–H groups in total. The Balaban J connectivity index is 1.58. The number of benzene rings is 1. The lowest BCUT2D eigenvalue weighted by Gasteiger charge is -2.04. The summed E-state index contributed by atoms with van der Waals surface area (Å²) < 4.78 is 0. The summed E-state index contributed by atoms with van der Waals surface area (Å²) in [6.07, 6.45) is 7.42. The third-order valence-corrected chi connectivity index (χ3v) is 3.45. The molecule has 0 aliphatic carbocycles. The lowest BCUT2D eigenvalue weighted by Crippen LogP contribution is -2.30. The summed E-state index contributed by atoms with van der Waals surface area (Å²) in [5.41, 5.74) is 8.88. The van der Waals surface area contributed by atoms with Crippen molar-refractivity contribution in [2.75, 3.05) is 6.54 Å². The van der Waals surface area contributed by atoms with Gasteiger partial charge in [0.2, 0.25) is 0 Å². The summed E-state index contributed by atoms with van der Waals surface area (Å²) in [5.74, 6) is -0.283. The van der Waals surface area contributed by atoms with Crippen molar-refractivity contribution < 1.29 is 4.79 Å². The molecular weight excluding hydrogens is 278 g/mol. The molecule has 0 fully saturated rings. The number of aromatic amines is 2. The molecule has 22 heavy (non-hydrogen) atoms. The van der Waals surface area contributed by atoms with E-state index in [1.807, 2.05) is 24.4 Å². The molecule has 0 unspecified atom stereocenters. The first-order valence-electron chi connectivity index (χ1n) is 7.03. The van der Waals surface area contributed by atoms with Gasteiger partial charge in [-0.3, -0.25) is 4.79 Å². The van der Waals surface area contributed by atoms with E-state index in [2.05, 4.69) is 26.3 Å². The zero-order valence-electron chi connectivity index (χ0n) is 12.0. The SMILES string of the molecule is NC(=Cc1cnc[nH]1)C(=O)NCCc1c[nH]c2ccccc12. The van der Waals surface area contributed by atoms with Crippen LogP contribution in [0.4, 0.5) is 0 Å². The molecule has 0 spiro atoms. The van der Waals surface area contributed by atoms with Gasteiger partial charge in [-0.25, -0.2) is 4.98 Å². The Morgan fingerprint density at radius 1 is 1.32 bits per heavy atom. The fourth-order valence-electron chi connectivity index (χ4n) is 2.33. The molecule has 0 radical (unpaired) electrons. The highest BCUT2D eigenvalue weighted by molar-refractivity contribution is 5.96. The van der Waals surface area contributed by atoms with Crippen molar-refractivity contribution in [2.24, 2.45) is 5.73 Å². The molecule has 2 aromatic heterocycles. The Morgan fingerprint density at radius 2 is 2.18 bits per heavy atom. The van der Waals surface area contributed by atoms with Gasteiger partial charge in [-0.1, -0.05) is 18.2 Å². The first kappa shape index (κ1) is 13.9. The monoisotopic (exact) mass is 295 g/mol. The van der Waals surface area contributed by atoms with Crippen LogP contribution in [-0.2, 0) is 11.2 Å². The van der Waals surface area contributed by atoms with E-state index in [9.17, 15) is 4.79 Å². The van der Waals surface area contributed by atoms with Crippen molar-refractivity contribution in [1.82, 2.24) is 20.3 Å². The smallest absolute Gasteiger partial charge is 0.267 e. The third-order valence-electron chi connectivity index (χ3n) is 3.45. The van der Waals surface area contributed by atoms with Gasteiger partial charge in [-0.15, -0.1) is 0 Å². The Kier molecular flexibility index (Phi) is 3.91. The van der Waals surface area contributed by atoms with Crippen molar-refractivity contribution in [2.45, 2.75) is 6.42 Å². The van der Waals surface area contributed by atoms with E-state index in [1.54, 1.807) is 12.3 Å². The minimum atomic E-state index is -0.283. The quantitative estimate of drug-likeness (QED) is 0.537. The van der Waals surface area contributed by atoms with Gasteiger partial charge in [0.1, 0.15) is 0 Å². The highest BCUT2D eigenvalue weighted by atomic mass is 16.1. The van der Waals surface area contributed by atoms with E-state index >= 15 is 0 Å². The molecule has 1 amide bonds. The molecular formula is C16H17N5O. The van der Waals surface area contributed by atoms with Crippen LogP contribution in [0.25, 0.3) is 17.0 Å². The normalized spacial score (nSPS) is 11.7. The number of imidazole rings is 1. The number of nitrogens with two attached hydrogens (primary N) is 1. The van der Waals surface area contributed by atoms with E-state index in [4.69, 9.17) is 5.73 Å². The number of hydrogen-bond acceptors (Lipinski definition) is 3. The van der Waals surface area contributed by atoms with E-state index in [0.29, 0.717) is 12.2 Å². The molecule has 3 rings (SSSR count). The van der Waals surface area contributed by atoms with E-state index < -0.39 is 0 Å². The Bertz CT molecular complexity index is 801. The van der Waals surface area contributed by atoms with Gasteiger partial charge < -0.3 is 21.0 Å². The first-order valence-corrected chi connectivity index (χ1v) is 7.03. The molecule has 0 saturated carbocycles. The zero-order chi connectivity index (χ0) is 15.4. The molecule has 3 aromatic rings. The Hall–Kier alpha value is -3.02. The average molecular weight is 295 g/mol. The largest absolute Gasteiger partial charge is 0.394 e. The summed E-state index contributed by atoms with van der Waals surface area (Å²) in [6.45, 7) is 0.526. The number of aromatic nitrogens is 3. The zero-order valence-corrected chi connectivity index (χ0v) is 12.0. The average Bonchev–Trinajstić information content (AvgIpc) is 3.17. The van der Waals surface area contributed by atoms with Crippen LogP contribution in [0.5, 0.6) is 0 Å². The standard InChI is InChI=1S/C16H17N5O/c17-14(7-12-9-18-10-21-12)16(22)19-6-5-11-8-20-15-4-2-1-3-13(11)15/h1-4,7-10,20H,5-6,17H2,(H,18,21)(H,19,22). The predicted octanol–water partition coefficient (Wildman–Crippen LogP) is 1.55. The van der Waals surface area contributed by atoms with Gasteiger partial charge >= 0.3 is 0 Å². The van der Waals surface area contributed by atoms with Crippen LogP contribution in [0.3, 0.4) is 0 Å². The second kappa shape index (κ2) is 6.17. The summed E-state index contributed by atoms with van der Waals surface area (Å²) in [4.78, 5) is 21.9. The number of amides is 1. The third kappa shape index (κ3) is 3.01. The van der Waals surface area contributed by atoms with Gasteiger partial charge in [0.05, 0.1) is 23.9 Å². The first-order chi connectivity index (χ1) is 10.7. The van der Waals surface area contributed by atoms with Crippen molar-refractivity contribution in [1.29, 1.82) is 0 Å². The number of rotatable bonds is 5. The number of H-pyrrole nitrogens is 2. The number of fused-ring (bicyclic) bond motifs is 1. The van der Waals surface area contributed by atoms with Crippen LogP contribution < -0.4 is 11.1 Å². The second-order valence-electron chi connectivity index (χ2n) is 4.97. The molecule has 1 aromatic carbocycles. The lowest BCUT2D eigenvalue weighted by atomic mass is 10.1. The maximum atomic E-state index is 11.9. The number of carbonyl (C=O) groups excluding carboxylic acids is 1. The minimum Gasteiger partial charge on any atom is -0.394 e. The number of hydrogen-bond donors (Lipinski definition) is 4. The molecule has 0 bridgehead atoms. The molecule has 0 aliphatic heterocycles. The van der Waals surface area contributed by atoms with Crippen LogP contribution in [0.1, 0.15) is 11.3 Å². The molecule has 0 aliphatic rings. The van der Waals surface area contributed by atoms with Gasteiger partial charge in [0.25, 0.3) is 5.91 Å². The van der Waals surface area contributed by atoms with Crippen molar-refractivity contribution >= 4 is 22.9 Å². The van der Waals surface area contributed by atoms with Crippen molar-refractivity contribution in [3.05, 3.63) is 59.9 Å². The van der Waals surface area contributed by atoms with E-state index in [0.717, 1.165) is 11.9 Å². The summed E-state index contributed by atoms with van der Waals surface area (Å²) >= 11 is 0. The van der Waals surface area contributed by atoms with Gasteiger partial charge in [-0.05, 0) is 24.1 Å². The second-order valence-corrected chi connectivity index (χ2v) is 4.97. The Morgan fingerprint density at radius 3 is 3.00 bits per heavy atom. The number of nitrogens with zero attached hydrogens (tertiary/aromatic N) is 1. The summed E-state index contributed by atoms with van der Waals surface area (Å²) in [7, 11) is 0. The predicted molar refractivity (Wildman–Crippen MR) is 85.8 cm³/mol. The van der Waals surface area contributed by atoms with E-state index in [1.165, 1.54) is 17.3 Å². The highest BCUT2D eigenvalue weighted by Gasteiger charge is 2.07. The van der Waals surface area contributed by atoms with Gasteiger partial charge in [0, 0.05) is 23.6 Å². The topological polar surface area (TPSA) is 99.6 Å². The van der Waals surface area contributed by atoms with Crippen LogP contribution in [0.15, 0.2) is 48.7 Å².